The number of nitrogens with zero attached hydrogens (tertiary/aromatic N) is 2. The summed E-state index contributed by atoms with van der Waals surface area (Å²) in [4.78, 5) is 31.9. The first-order valence-electron chi connectivity index (χ1n) is 8.51. The molecule has 0 spiro atoms. The third-order valence-electron chi connectivity index (χ3n) is 4.08. The van der Waals surface area contributed by atoms with Crippen molar-refractivity contribution in [3.05, 3.63) is 33.8 Å². The van der Waals surface area contributed by atoms with E-state index >= 15 is 0 Å². The number of thiazole rings is 1. The molecule has 26 heavy (non-hydrogen) atoms. The zero-order chi connectivity index (χ0) is 19.1. The van der Waals surface area contributed by atoms with Gasteiger partial charge in [0.15, 0.2) is 0 Å². The minimum atomic E-state index is -0.495. The largest absolute Gasteiger partial charge is 0.490 e. The molecule has 6 nitrogen and oxygen atoms in total. The maximum absolute atomic E-state index is 12.8. The molecule has 0 radical (unpaired) electrons. The maximum atomic E-state index is 12.8. The second kappa shape index (κ2) is 6.72. The Kier molecular flexibility index (Phi) is 4.75. The number of aromatic nitrogens is 1. The molecule has 1 aliphatic heterocycles. The van der Waals surface area contributed by atoms with Crippen LogP contribution >= 0.6 is 11.3 Å². The number of carbonyl (C=O) groups is 2. The van der Waals surface area contributed by atoms with Crippen LogP contribution in [0.3, 0.4) is 0 Å². The highest BCUT2D eigenvalue weighted by molar-refractivity contribution is 7.13. The number of ether oxygens (including phenoxy) is 1. The molecule has 0 saturated heterocycles. The van der Waals surface area contributed by atoms with Gasteiger partial charge in [0.25, 0.3) is 5.91 Å². The van der Waals surface area contributed by atoms with Gasteiger partial charge >= 0.3 is 0 Å². The number of rotatable bonds is 2. The zero-order valence-corrected chi connectivity index (χ0v) is 16.5. The summed E-state index contributed by atoms with van der Waals surface area (Å²) in [6.45, 7) is 10.3. The van der Waals surface area contributed by atoms with E-state index in [1.54, 1.807) is 23.1 Å². The fourth-order valence-corrected chi connectivity index (χ4v) is 3.66. The summed E-state index contributed by atoms with van der Waals surface area (Å²) < 4.78 is 5.67. The van der Waals surface area contributed by atoms with Gasteiger partial charge in [0, 0.05) is 11.1 Å². The van der Waals surface area contributed by atoms with Gasteiger partial charge < -0.3 is 15.0 Å². The van der Waals surface area contributed by atoms with Crippen LogP contribution in [0, 0.1) is 19.3 Å². The molecule has 0 saturated carbocycles. The predicted octanol–water partition coefficient (Wildman–Crippen LogP) is 3.78. The van der Waals surface area contributed by atoms with Crippen molar-refractivity contribution in [3.63, 3.8) is 0 Å². The van der Waals surface area contributed by atoms with Crippen LogP contribution in [-0.2, 0) is 4.79 Å². The molecule has 2 aromatic rings. The van der Waals surface area contributed by atoms with Gasteiger partial charge in [-0.25, -0.2) is 4.98 Å². The van der Waals surface area contributed by atoms with Gasteiger partial charge in [-0.3, -0.25) is 9.59 Å². The Hall–Kier alpha value is -2.41. The highest BCUT2D eigenvalue weighted by atomic mass is 32.1. The first-order chi connectivity index (χ1) is 12.2. The SMILES string of the molecule is Cc1nc(C)c(C(=O)Nc2ccc3c(c2)N(C(=O)C(C)(C)C)CCO3)s1. The number of amides is 2. The smallest absolute Gasteiger partial charge is 0.267 e. The summed E-state index contributed by atoms with van der Waals surface area (Å²) in [6.07, 6.45) is 0. The molecule has 1 aromatic carbocycles. The highest BCUT2D eigenvalue weighted by Gasteiger charge is 2.32. The number of benzene rings is 1. The van der Waals surface area contributed by atoms with E-state index in [1.807, 2.05) is 34.6 Å². The van der Waals surface area contributed by atoms with E-state index < -0.39 is 5.41 Å². The van der Waals surface area contributed by atoms with Crippen LogP contribution in [0.2, 0.25) is 0 Å². The topological polar surface area (TPSA) is 71.5 Å². The van der Waals surface area contributed by atoms with E-state index in [0.717, 1.165) is 10.7 Å². The van der Waals surface area contributed by atoms with Crippen LogP contribution in [-0.4, -0.2) is 29.9 Å². The standard InChI is InChI=1S/C19H23N3O3S/c1-11-16(26-12(2)20-11)17(23)21-13-6-7-15-14(10-13)22(8-9-25-15)18(24)19(3,4)5/h6-7,10H,8-9H2,1-5H3,(H,21,23). The molecule has 0 aliphatic carbocycles. The third kappa shape index (κ3) is 3.58. The van der Waals surface area contributed by atoms with Gasteiger partial charge in [-0.15, -0.1) is 11.3 Å². The van der Waals surface area contributed by atoms with E-state index in [-0.39, 0.29) is 11.8 Å². The lowest BCUT2D eigenvalue weighted by Gasteiger charge is -2.34. The van der Waals surface area contributed by atoms with Gasteiger partial charge in [0.1, 0.15) is 17.2 Å². The number of fused-ring (bicyclic) bond motifs is 1. The van der Waals surface area contributed by atoms with Crippen LogP contribution in [0.15, 0.2) is 18.2 Å². The first kappa shape index (κ1) is 18.4. The summed E-state index contributed by atoms with van der Waals surface area (Å²) >= 11 is 1.37. The molecule has 1 aliphatic rings. The van der Waals surface area contributed by atoms with Crippen LogP contribution in [0.5, 0.6) is 5.75 Å². The normalized spacial score (nSPS) is 13.8. The molecule has 3 rings (SSSR count). The molecule has 2 amide bonds. The Bertz CT molecular complexity index is 867. The Balaban J connectivity index is 1.88. The van der Waals surface area contributed by atoms with E-state index in [9.17, 15) is 9.59 Å². The van der Waals surface area contributed by atoms with Crippen molar-refractivity contribution in [3.8, 4) is 5.75 Å². The van der Waals surface area contributed by atoms with Gasteiger partial charge in [0.05, 0.1) is 22.9 Å². The van der Waals surface area contributed by atoms with E-state index in [1.165, 1.54) is 11.3 Å². The molecule has 0 bridgehead atoms. The van der Waals surface area contributed by atoms with Crippen molar-refractivity contribution >= 4 is 34.5 Å². The molecule has 7 heteroatoms. The molecule has 1 aromatic heterocycles. The minimum absolute atomic E-state index is 0.0273. The van der Waals surface area contributed by atoms with Crippen LogP contribution in [0.25, 0.3) is 0 Å². The monoisotopic (exact) mass is 373 g/mol. The van der Waals surface area contributed by atoms with Gasteiger partial charge in [-0.05, 0) is 32.0 Å². The third-order valence-corrected chi connectivity index (χ3v) is 5.15. The summed E-state index contributed by atoms with van der Waals surface area (Å²) in [7, 11) is 0. The molecule has 0 atom stereocenters. The lowest BCUT2D eigenvalue weighted by Crippen LogP contribution is -2.44. The van der Waals surface area contributed by atoms with Crippen molar-refractivity contribution in [2.75, 3.05) is 23.4 Å². The average Bonchev–Trinajstić information content (AvgIpc) is 2.91. The van der Waals surface area contributed by atoms with E-state index in [0.29, 0.717) is 35.2 Å². The predicted molar refractivity (Wildman–Crippen MR) is 103 cm³/mol. The van der Waals surface area contributed by atoms with Gasteiger partial charge in [0.2, 0.25) is 5.91 Å². The lowest BCUT2D eigenvalue weighted by atomic mass is 9.94. The average molecular weight is 373 g/mol. The van der Waals surface area contributed by atoms with Crippen molar-refractivity contribution in [1.82, 2.24) is 4.98 Å². The number of hydrogen-bond donors (Lipinski definition) is 1. The van der Waals surface area contributed by atoms with Crippen molar-refractivity contribution in [2.24, 2.45) is 5.41 Å². The zero-order valence-electron chi connectivity index (χ0n) is 15.7. The number of nitrogens with one attached hydrogen (secondary N) is 1. The Morgan fingerprint density at radius 3 is 2.62 bits per heavy atom. The van der Waals surface area contributed by atoms with Crippen molar-refractivity contribution in [1.29, 1.82) is 0 Å². The highest BCUT2D eigenvalue weighted by Crippen LogP contribution is 2.36. The summed E-state index contributed by atoms with van der Waals surface area (Å²) in [5.41, 5.74) is 1.53. The summed E-state index contributed by atoms with van der Waals surface area (Å²) in [5.74, 6) is 0.481. The molecule has 138 valence electrons. The minimum Gasteiger partial charge on any atom is -0.490 e. The quantitative estimate of drug-likeness (QED) is 0.869. The summed E-state index contributed by atoms with van der Waals surface area (Å²) in [6, 6.07) is 5.36. The fourth-order valence-electron chi connectivity index (χ4n) is 2.84. The Morgan fingerprint density at radius 1 is 1.27 bits per heavy atom. The first-order valence-corrected chi connectivity index (χ1v) is 9.32. The fraction of sp³-hybridized carbons (Fsp3) is 0.421. The maximum Gasteiger partial charge on any atom is 0.267 e. The molecule has 0 fully saturated rings. The second-order valence-electron chi connectivity index (χ2n) is 7.34. The van der Waals surface area contributed by atoms with E-state index in [2.05, 4.69) is 10.3 Å². The lowest BCUT2D eigenvalue weighted by molar-refractivity contribution is -0.126. The molecule has 0 unspecified atom stereocenters. The van der Waals surface area contributed by atoms with Gasteiger partial charge in [-0.1, -0.05) is 20.8 Å². The number of aryl methyl sites for hydroxylation is 2. The summed E-state index contributed by atoms with van der Waals surface area (Å²) in [5, 5.41) is 3.75. The Labute approximate surface area is 157 Å². The molecular weight excluding hydrogens is 350 g/mol. The molecule has 2 heterocycles. The van der Waals surface area contributed by atoms with Gasteiger partial charge in [-0.2, -0.15) is 0 Å². The Morgan fingerprint density at radius 2 is 2.00 bits per heavy atom. The van der Waals surface area contributed by atoms with Crippen molar-refractivity contribution in [2.45, 2.75) is 34.6 Å². The second-order valence-corrected chi connectivity index (χ2v) is 8.54. The number of hydrogen-bond acceptors (Lipinski definition) is 5. The number of carbonyl (C=O) groups excluding carboxylic acids is 2. The van der Waals surface area contributed by atoms with Crippen molar-refractivity contribution < 1.29 is 14.3 Å². The molecular formula is C19H23N3O3S. The van der Waals surface area contributed by atoms with Crippen LogP contribution in [0.4, 0.5) is 11.4 Å². The number of anilines is 2. The van der Waals surface area contributed by atoms with Crippen LogP contribution in [0.1, 0.15) is 41.1 Å². The van der Waals surface area contributed by atoms with Crippen LogP contribution < -0.4 is 15.0 Å². The van der Waals surface area contributed by atoms with E-state index in [4.69, 9.17) is 4.74 Å². The molecule has 1 N–H and O–H groups in total.